The summed E-state index contributed by atoms with van der Waals surface area (Å²) >= 11 is 15.3. The van der Waals surface area contributed by atoms with Crippen molar-refractivity contribution < 1.29 is 22.4 Å². The Hall–Kier alpha value is -0.830. The quantitative estimate of drug-likeness (QED) is 0.354. The summed E-state index contributed by atoms with van der Waals surface area (Å²) in [5, 5.41) is 7.48. The molecule has 2 heterocycles. The fourth-order valence-corrected chi connectivity index (χ4v) is 4.31. The minimum atomic E-state index is 0. The van der Waals surface area contributed by atoms with Crippen molar-refractivity contribution in [3.63, 3.8) is 0 Å². The van der Waals surface area contributed by atoms with Crippen LogP contribution >= 0.6 is 45.9 Å². The standard InChI is InChI=1S/C16H14Cl2N4S2.BrH/c1-8(11-4-5-12(17)13(18)6-11)21-22-16-19-7-14(24-16)15-9(2)20-10(3)23-15;/h4-7H,1-3H3,(H,19,22);1H. The average molecular weight is 478 g/mol. The van der Waals surface area contributed by atoms with E-state index in [9.17, 15) is 0 Å². The van der Waals surface area contributed by atoms with Crippen molar-refractivity contribution in [2.75, 3.05) is 0 Å². The number of aromatic nitrogens is 2. The number of rotatable bonds is 4. The second kappa shape index (κ2) is 8.70. The van der Waals surface area contributed by atoms with Crippen LogP contribution < -0.4 is 22.4 Å². The Balaban J connectivity index is 0.00000225. The number of benzene rings is 1. The lowest BCUT2D eigenvalue weighted by atomic mass is 10.1. The van der Waals surface area contributed by atoms with Gasteiger partial charge in [-0.15, -0.1) is 11.3 Å². The Morgan fingerprint density at radius 3 is 2.56 bits per heavy atom. The van der Waals surface area contributed by atoms with Gasteiger partial charge in [0.2, 0.25) is 0 Å². The van der Waals surface area contributed by atoms with E-state index >= 15 is 0 Å². The molecule has 0 spiro atoms. The smallest absolute Gasteiger partial charge is 0.310 e. The maximum Gasteiger partial charge on any atom is 0.310 e. The van der Waals surface area contributed by atoms with Crippen molar-refractivity contribution in [1.29, 1.82) is 0 Å². The predicted octanol–water partition coefficient (Wildman–Crippen LogP) is 1.81. The van der Waals surface area contributed by atoms with Crippen LogP contribution in [0.25, 0.3) is 9.75 Å². The average Bonchev–Trinajstić information content (AvgIpc) is 3.13. The van der Waals surface area contributed by atoms with Crippen LogP contribution in [0, 0.1) is 13.8 Å². The Kier molecular flexibility index (Phi) is 7.13. The van der Waals surface area contributed by atoms with Crippen molar-refractivity contribution in [1.82, 2.24) is 9.97 Å². The Morgan fingerprint density at radius 2 is 1.92 bits per heavy atom. The molecule has 132 valence electrons. The topological polar surface area (TPSA) is 54.8 Å². The summed E-state index contributed by atoms with van der Waals surface area (Å²) in [6.07, 6.45) is 1.88. The van der Waals surface area contributed by atoms with E-state index in [0.29, 0.717) is 10.0 Å². The first kappa shape index (κ1) is 20.5. The van der Waals surface area contributed by atoms with Gasteiger partial charge in [-0.25, -0.2) is 4.98 Å². The third-order valence-electron chi connectivity index (χ3n) is 3.36. The molecule has 2 N–H and O–H groups in total. The maximum absolute atomic E-state index is 6.05. The molecule has 0 atom stereocenters. The van der Waals surface area contributed by atoms with Crippen LogP contribution in [0.5, 0.6) is 0 Å². The first-order valence-electron chi connectivity index (χ1n) is 7.17. The van der Waals surface area contributed by atoms with Gasteiger partial charge in [0.25, 0.3) is 0 Å². The molecule has 0 aliphatic rings. The van der Waals surface area contributed by atoms with E-state index in [2.05, 4.69) is 15.1 Å². The highest BCUT2D eigenvalue weighted by molar-refractivity contribution is 7.23. The number of quaternary nitrogens is 1. The van der Waals surface area contributed by atoms with Crippen LogP contribution in [0.15, 0.2) is 29.5 Å². The molecule has 4 nitrogen and oxygen atoms in total. The second-order valence-electron chi connectivity index (χ2n) is 5.18. The fraction of sp³-hybridized carbons (Fsp3) is 0.188. The molecule has 0 fully saturated rings. The van der Waals surface area contributed by atoms with Crippen molar-refractivity contribution in [2.45, 2.75) is 20.8 Å². The third kappa shape index (κ3) is 4.87. The minimum Gasteiger partial charge on any atom is -1.00 e. The molecule has 0 bridgehead atoms. The number of halogens is 3. The highest BCUT2D eigenvalue weighted by Crippen LogP contribution is 2.34. The van der Waals surface area contributed by atoms with Gasteiger partial charge in [-0.2, -0.15) is 10.4 Å². The molecule has 2 aromatic heterocycles. The predicted molar refractivity (Wildman–Crippen MR) is 103 cm³/mol. The molecule has 1 aromatic carbocycles. The molecule has 0 radical (unpaired) electrons. The zero-order valence-corrected chi connectivity index (χ0v) is 18.4. The Bertz CT molecular complexity index is 921. The van der Waals surface area contributed by atoms with Crippen LogP contribution in [0.4, 0.5) is 5.13 Å². The van der Waals surface area contributed by atoms with Crippen molar-refractivity contribution in [2.24, 2.45) is 5.10 Å². The lowest BCUT2D eigenvalue weighted by molar-refractivity contribution is -0.577. The molecule has 3 rings (SSSR count). The molecule has 0 saturated carbocycles. The van der Waals surface area contributed by atoms with E-state index in [-0.39, 0.29) is 17.0 Å². The van der Waals surface area contributed by atoms with Gasteiger partial charge in [0, 0.05) is 5.56 Å². The van der Waals surface area contributed by atoms with Crippen LogP contribution in [-0.2, 0) is 0 Å². The zero-order valence-electron chi connectivity index (χ0n) is 13.7. The number of hydrogen-bond acceptors (Lipinski definition) is 5. The summed E-state index contributed by atoms with van der Waals surface area (Å²) < 4.78 is 0. The van der Waals surface area contributed by atoms with Gasteiger partial charge < -0.3 is 17.0 Å². The first-order chi connectivity index (χ1) is 11.4. The van der Waals surface area contributed by atoms with Crippen molar-refractivity contribution in [3.05, 3.63) is 50.7 Å². The maximum atomic E-state index is 6.05. The molecule has 0 unspecified atom stereocenters. The molecular formula is C16H15BrCl2N4S2. The second-order valence-corrected chi connectivity index (χ2v) is 8.26. The summed E-state index contributed by atoms with van der Waals surface area (Å²) in [6.45, 7) is 5.97. The van der Waals surface area contributed by atoms with Crippen LogP contribution in [-0.4, -0.2) is 15.7 Å². The molecule has 0 saturated heterocycles. The minimum absolute atomic E-state index is 0. The lowest BCUT2D eigenvalue weighted by Gasteiger charge is -2.00. The monoisotopic (exact) mass is 476 g/mol. The van der Waals surface area contributed by atoms with Gasteiger partial charge in [-0.3, -0.25) is 0 Å². The largest absolute Gasteiger partial charge is 1.00 e. The summed E-state index contributed by atoms with van der Waals surface area (Å²) in [4.78, 5) is 11.2. The highest BCUT2D eigenvalue weighted by Gasteiger charge is 2.13. The van der Waals surface area contributed by atoms with Gasteiger partial charge in [-0.05, 0) is 32.9 Å². The highest BCUT2D eigenvalue weighted by atomic mass is 79.9. The number of hydrogen-bond donors (Lipinski definition) is 1. The van der Waals surface area contributed by atoms with Crippen LogP contribution in [0.1, 0.15) is 23.2 Å². The number of nitrogens with zero attached hydrogens (tertiary/aromatic N) is 3. The zero-order chi connectivity index (χ0) is 17.3. The molecule has 9 heteroatoms. The summed E-state index contributed by atoms with van der Waals surface area (Å²) in [5.74, 6) is 0. The molecule has 0 amide bonds. The lowest BCUT2D eigenvalue weighted by Crippen LogP contribution is -3.00. The van der Waals surface area contributed by atoms with Gasteiger partial charge in [0.05, 0.1) is 36.7 Å². The summed E-state index contributed by atoms with van der Waals surface area (Å²) in [6, 6.07) is 5.49. The summed E-state index contributed by atoms with van der Waals surface area (Å²) in [5.41, 5.74) is 4.61. The van der Waals surface area contributed by atoms with E-state index in [0.717, 1.165) is 32.0 Å². The SMILES string of the molecule is CC(=N[NH2+]c1ncc(-c2sc(C)nc2C)s1)c1ccc(Cl)c(Cl)c1.[Br-]. The van der Waals surface area contributed by atoms with E-state index in [1.807, 2.05) is 39.1 Å². The number of thiazole rings is 2. The normalized spacial score (nSPS) is 11.5. The Labute approximate surface area is 174 Å². The fourth-order valence-electron chi connectivity index (χ4n) is 2.16. The van der Waals surface area contributed by atoms with Crippen LogP contribution in [0.2, 0.25) is 10.0 Å². The van der Waals surface area contributed by atoms with Crippen LogP contribution in [0.3, 0.4) is 0 Å². The summed E-state index contributed by atoms with van der Waals surface area (Å²) in [7, 11) is 0. The van der Waals surface area contributed by atoms with E-state index < -0.39 is 0 Å². The molecule has 3 aromatic rings. The number of aryl methyl sites for hydroxylation is 2. The first-order valence-corrected chi connectivity index (χ1v) is 9.56. The molecule has 0 aliphatic carbocycles. The molecule has 25 heavy (non-hydrogen) atoms. The van der Waals surface area contributed by atoms with Gasteiger partial charge in [0.1, 0.15) is 5.71 Å². The van der Waals surface area contributed by atoms with Gasteiger partial charge in [0.15, 0.2) is 0 Å². The Morgan fingerprint density at radius 1 is 1.16 bits per heavy atom. The molecular weight excluding hydrogens is 463 g/mol. The van der Waals surface area contributed by atoms with Crippen molar-refractivity contribution in [3.8, 4) is 9.75 Å². The third-order valence-corrected chi connectivity index (χ3v) is 6.28. The number of nitrogens with two attached hydrogens (primary N) is 1. The molecule has 0 aliphatic heterocycles. The van der Waals surface area contributed by atoms with E-state index in [1.54, 1.807) is 34.2 Å². The van der Waals surface area contributed by atoms with Gasteiger partial charge >= 0.3 is 5.13 Å². The van der Waals surface area contributed by atoms with Gasteiger partial charge in [-0.1, -0.05) is 45.7 Å². The van der Waals surface area contributed by atoms with E-state index in [1.165, 1.54) is 4.88 Å². The van der Waals surface area contributed by atoms with Crippen molar-refractivity contribution >= 4 is 56.7 Å². The van der Waals surface area contributed by atoms with E-state index in [4.69, 9.17) is 23.2 Å².